The molecule has 7 nitrogen and oxygen atoms in total. The number of nitrogens with zero attached hydrogens (tertiary/aromatic N) is 1. The van der Waals surface area contributed by atoms with Crippen LogP contribution in [0.4, 0.5) is 14.4 Å². The monoisotopic (exact) mass is 274 g/mol. The molecule has 0 aromatic carbocycles. The molecule has 0 aliphatic heterocycles. The summed E-state index contributed by atoms with van der Waals surface area (Å²) in [4.78, 5) is 35.5. The van der Waals surface area contributed by atoms with E-state index in [1.54, 1.807) is 41.5 Å². The maximum Gasteiger partial charge on any atom is 0.428 e. The van der Waals surface area contributed by atoms with Crippen LogP contribution >= 0.6 is 0 Å². The number of nitrogens with one attached hydrogen (secondary N) is 1. The van der Waals surface area contributed by atoms with E-state index >= 15 is 0 Å². The van der Waals surface area contributed by atoms with Gasteiger partial charge in [-0.25, -0.2) is 14.4 Å². The van der Waals surface area contributed by atoms with E-state index in [4.69, 9.17) is 9.47 Å². The maximum absolute atomic E-state index is 11.8. The molecule has 0 fully saturated rings. The molecular weight excluding hydrogens is 252 g/mol. The summed E-state index contributed by atoms with van der Waals surface area (Å²) in [5, 5.41) is 2.18. The van der Waals surface area contributed by atoms with Crippen molar-refractivity contribution in [3.05, 3.63) is 0 Å². The summed E-state index contributed by atoms with van der Waals surface area (Å²) in [6.45, 7) is 9.76. The first-order chi connectivity index (χ1) is 8.37. The van der Waals surface area contributed by atoms with Crippen LogP contribution in [0.5, 0.6) is 0 Å². The topological polar surface area (TPSA) is 84.9 Å². The highest BCUT2D eigenvalue weighted by Crippen LogP contribution is 2.14. The Morgan fingerprint density at radius 2 is 1.16 bits per heavy atom. The number of rotatable bonds is 0. The largest absolute Gasteiger partial charge is 0.443 e. The summed E-state index contributed by atoms with van der Waals surface area (Å²) in [5.41, 5.74) is -1.66. The summed E-state index contributed by atoms with van der Waals surface area (Å²) < 4.78 is 9.97. The Bertz CT molecular complexity index is 337. The third-order valence-corrected chi connectivity index (χ3v) is 1.57. The lowest BCUT2D eigenvalue weighted by molar-refractivity contribution is 0.00994. The Morgan fingerprint density at radius 3 is 1.37 bits per heavy atom. The van der Waals surface area contributed by atoms with E-state index in [0.717, 1.165) is 0 Å². The van der Waals surface area contributed by atoms with Crippen molar-refractivity contribution in [2.45, 2.75) is 52.7 Å². The van der Waals surface area contributed by atoms with Crippen molar-refractivity contribution in [1.29, 1.82) is 0 Å². The molecule has 0 bridgehead atoms. The minimum absolute atomic E-state index is 0.288. The van der Waals surface area contributed by atoms with E-state index < -0.39 is 29.4 Å². The number of carbonyl (C=O) groups excluding carboxylic acids is 3. The lowest BCUT2D eigenvalue weighted by Crippen LogP contribution is -2.50. The number of urea groups is 1. The molecule has 0 unspecified atom stereocenters. The fourth-order valence-corrected chi connectivity index (χ4v) is 0.967. The van der Waals surface area contributed by atoms with Crippen molar-refractivity contribution < 1.29 is 23.9 Å². The van der Waals surface area contributed by atoms with Crippen LogP contribution in [0, 0.1) is 0 Å². The lowest BCUT2D eigenvalue weighted by atomic mass is 10.2. The van der Waals surface area contributed by atoms with E-state index in [1.165, 1.54) is 7.05 Å². The van der Waals surface area contributed by atoms with Crippen molar-refractivity contribution in [3.8, 4) is 0 Å². The highest BCUT2D eigenvalue weighted by Gasteiger charge is 2.35. The number of imide groups is 3. The van der Waals surface area contributed by atoms with Gasteiger partial charge in [0.25, 0.3) is 0 Å². The third kappa shape index (κ3) is 6.64. The average molecular weight is 274 g/mol. The Kier molecular flexibility index (Phi) is 5.34. The van der Waals surface area contributed by atoms with Crippen LogP contribution in [-0.4, -0.2) is 41.4 Å². The zero-order valence-electron chi connectivity index (χ0n) is 12.5. The fourth-order valence-electron chi connectivity index (χ4n) is 0.967. The van der Waals surface area contributed by atoms with Gasteiger partial charge >= 0.3 is 18.2 Å². The van der Waals surface area contributed by atoms with Gasteiger partial charge in [-0.2, -0.15) is 0 Å². The van der Waals surface area contributed by atoms with Gasteiger partial charge in [0.1, 0.15) is 11.2 Å². The van der Waals surface area contributed by atoms with Crippen molar-refractivity contribution in [3.63, 3.8) is 0 Å². The van der Waals surface area contributed by atoms with Crippen molar-refractivity contribution in [2.75, 3.05) is 7.05 Å². The number of hydrogen-bond acceptors (Lipinski definition) is 5. The highest BCUT2D eigenvalue weighted by molar-refractivity contribution is 6.05. The summed E-state index contributed by atoms with van der Waals surface area (Å²) in [5.74, 6) is 0. The molecule has 0 spiro atoms. The standard InChI is InChI=1S/C12H22N2O5/c1-11(2,3)18-9(16)14(8(15)13-7)10(17)19-12(4,5)6/h1-7H3,(H,13,15). The second-order valence-corrected chi connectivity index (χ2v) is 5.85. The molecule has 7 heteroatoms. The lowest BCUT2D eigenvalue weighted by Gasteiger charge is -2.27. The Morgan fingerprint density at radius 1 is 0.842 bits per heavy atom. The summed E-state index contributed by atoms with van der Waals surface area (Å²) >= 11 is 0. The van der Waals surface area contributed by atoms with Crippen molar-refractivity contribution in [1.82, 2.24) is 10.2 Å². The second kappa shape index (κ2) is 5.90. The van der Waals surface area contributed by atoms with E-state index in [9.17, 15) is 14.4 Å². The van der Waals surface area contributed by atoms with E-state index in [0.29, 0.717) is 0 Å². The normalized spacial score (nSPS) is 11.5. The zero-order chi connectivity index (χ0) is 15.4. The third-order valence-electron chi connectivity index (χ3n) is 1.57. The van der Waals surface area contributed by atoms with Crippen LogP contribution in [0.3, 0.4) is 0 Å². The van der Waals surface area contributed by atoms with Gasteiger partial charge in [-0.15, -0.1) is 4.90 Å². The minimum Gasteiger partial charge on any atom is -0.443 e. The van der Waals surface area contributed by atoms with Crippen LogP contribution in [0.25, 0.3) is 0 Å². The predicted octanol–water partition coefficient (Wildman–Crippen LogP) is 2.50. The molecule has 0 saturated heterocycles. The van der Waals surface area contributed by atoms with Gasteiger partial charge in [0, 0.05) is 7.05 Å². The molecule has 0 aromatic rings. The number of carbonyl (C=O) groups is 3. The maximum atomic E-state index is 11.8. The smallest absolute Gasteiger partial charge is 0.428 e. The van der Waals surface area contributed by atoms with Crippen LogP contribution < -0.4 is 5.32 Å². The molecule has 0 radical (unpaired) electrons. The Balaban J connectivity index is 5.08. The van der Waals surface area contributed by atoms with Crippen molar-refractivity contribution >= 4 is 18.2 Å². The number of amides is 4. The van der Waals surface area contributed by atoms with Gasteiger partial charge in [0.05, 0.1) is 0 Å². The van der Waals surface area contributed by atoms with Crippen LogP contribution in [0.15, 0.2) is 0 Å². The number of hydrogen-bond donors (Lipinski definition) is 1. The quantitative estimate of drug-likeness (QED) is 0.733. The molecule has 0 heterocycles. The molecule has 1 N–H and O–H groups in total. The van der Waals surface area contributed by atoms with E-state index in [2.05, 4.69) is 5.32 Å². The van der Waals surface area contributed by atoms with Crippen LogP contribution in [0.2, 0.25) is 0 Å². The molecule has 19 heavy (non-hydrogen) atoms. The first-order valence-electron chi connectivity index (χ1n) is 5.85. The molecule has 110 valence electrons. The van der Waals surface area contributed by atoms with Crippen molar-refractivity contribution in [2.24, 2.45) is 0 Å². The van der Waals surface area contributed by atoms with Gasteiger partial charge in [-0.1, -0.05) is 0 Å². The molecule has 4 amide bonds. The molecule has 0 aliphatic carbocycles. The SMILES string of the molecule is CNC(=O)N(C(=O)OC(C)(C)C)C(=O)OC(C)(C)C. The molecule has 0 saturated carbocycles. The van der Waals surface area contributed by atoms with Gasteiger partial charge in [-0.05, 0) is 41.5 Å². The first kappa shape index (κ1) is 17.2. The number of ether oxygens (including phenoxy) is 2. The van der Waals surface area contributed by atoms with Gasteiger partial charge in [0.15, 0.2) is 0 Å². The highest BCUT2D eigenvalue weighted by atomic mass is 16.6. The molecule has 0 atom stereocenters. The first-order valence-corrected chi connectivity index (χ1v) is 5.85. The zero-order valence-corrected chi connectivity index (χ0v) is 12.5. The van der Waals surface area contributed by atoms with Crippen LogP contribution in [0.1, 0.15) is 41.5 Å². The minimum atomic E-state index is -1.08. The Labute approximate surface area is 113 Å². The molecule has 0 rings (SSSR count). The van der Waals surface area contributed by atoms with Gasteiger partial charge in [0.2, 0.25) is 0 Å². The summed E-state index contributed by atoms with van der Waals surface area (Å²) in [7, 11) is 1.30. The van der Waals surface area contributed by atoms with Crippen LogP contribution in [-0.2, 0) is 9.47 Å². The summed E-state index contributed by atoms with van der Waals surface area (Å²) in [6, 6.07) is -0.913. The molecule has 0 aromatic heterocycles. The van der Waals surface area contributed by atoms with E-state index in [1.807, 2.05) is 0 Å². The average Bonchev–Trinajstić information content (AvgIpc) is 2.11. The van der Waals surface area contributed by atoms with E-state index in [-0.39, 0.29) is 4.90 Å². The van der Waals surface area contributed by atoms with Gasteiger partial charge < -0.3 is 14.8 Å². The predicted molar refractivity (Wildman–Crippen MR) is 68.8 cm³/mol. The fraction of sp³-hybridized carbons (Fsp3) is 0.750. The molecule has 0 aliphatic rings. The Hall–Kier alpha value is -1.79. The second-order valence-electron chi connectivity index (χ2n) is 5.85. The summed E-state index contributed by atoms with van der Waals surface area (Å²) in [6.07, 6.45) is -2.16. The van der Waals surface area contributed by atoms with Gasteiger partial charge in [-0.3, -0.25) is 0 Å². The molecular formula is C12H22N2O5.